The molecule has 2 bridgehead atoms. The van der Waals surface area contributed by atoms with E-state index >= 15 is 0 Å². The molecular formula is C37H43N3O10. The number of aliphatic hydroxyl groups is 2. The first-order valence-corrected chi connectivity index (χ1v) is 17.6. The normalized spacial score (nSPS) is 30.9. The zero-order valence-corrected chi connectivity index (χ0v) is 27.7. The van der Waals surface area contributed by atoms with Gasteiger partial charge >= 0.3 is 5.97 Å². The maximum absolute atomic E-state index is 14.7. The van der Waals surface area contributed by atoms with Crippen LogP contribution in [0.4, 0.5) is 0 Å². The topological polar surface area (TPSA) is 165 Å². The first kappa shape index (κ1) is 33.3. The third-order valence-electron chi connectivity index (χ3n) is 10.9. The fourth-order valence-electron chi connectivity index (χ4n) is 8.36. The van der Waals surface area contributed by atoms with Crippen LogP contribution in [-0.2, 0) is 46.5 Å². The largest absolute Gasteiger partial charge is 0.499 e. The first-order valence-electron chi connectivity index (χ1n) is 17.6. The van der Waals surface area contributed by atoms with E-state index in [-0.39, 0.29) is 69.5 Å². The number of amides is 2. The fourth-order valence-corrected chi connectivity index (χ4v) is 8.36. The van der Waals surface area contributed by atoms with Crippen LogP contribution in [0.2, 0.25) is 0 Å². The lowest BCUT2D eigenvalue weighted by molar-refractivity contribution is -0.235. The predicted octanol–water partition coefficient (Wildman–Crippen LogP) is 1.80. The molecule has 3 saturated heterocycles. The van der Waals surface area contributed by atoms with Gasteiger partial charge in [0.15, 0.2) is 11.8 Å². The Labute approximate surface area is 289 Å². The summed E-state index contributed by atoms with van der Waals surface area (Å²) in [5, 5.41) is 25.5. The molecule has 4 N–H and O–H groups in total. The molecule has 0 spiro atoms. The maximum atomic E-state index is 14.7. The Morgan fingerprint density at radius 1 is 0.980 bits per heavy atom. The molecule has 266 valence electrons. The van der Waals surface area contributed by atoms with Crippen LogP contribution in [0.25, 0.3) is 6.08 Å². The number of carbonyl (C=O) groups is 3. The summed E-state index contributed by atoms with van der Waals surface area (Å²) in [5.74, 6) is -1.45. The molecule has 3 aliphatic heterocycles. The molecule has 0 radical (unpaired) electrons. The summed E-state index contributed by atoms with van der Waals surface area (Å²) < 4.78 is 25.3. The number of rotatable bonds is 14. The van der Waals surface area contributed by atoms with E-state index in [1.807, 2.05) is 30.3 Å². The molecule has 3 saturated carbocycles. The van der Waals surface area contributed by atoms with Gasteiger partial charge in [-0.2, -0.15) is 5.06 Å². The molecule has 6 fully saturated rings. The number of hydroxylamine groups is 2. The number of hydrogen-bond acceptors (Lipinski definition) is 11. The molecule has 8 rings (SSSR count). The molecule has 2 amide bonds. The van der Waals surface area contributed by atoms with Crippen molar-refractivity contribution >= 4 is 23.9 Å². The van der Waals surface area contributed by atoms with Crippen molar-refractivity contribution in [2.75, 3.05) is 26.4 Å². The molecule has 6 atom stereocenters. The Hall–Kier alpha value is -3.85. The third-order valence-corrected chi connectivity index (χ3v) is 10.9. The average Bonchev–Trinajstić information content (AvgIpc) is 4.08. The van der Waals surface area contributed by atoms with Gasteiger partial charge in [0.25, 0.3) is 5.91 Å². The number of nitrogens with one attached hydrogen (secondary N) is 2. The van der Waals surface area contributed by atoms with Crippen molar-refractivity contribution in [1.82, 2.24) is 15.7 Å². The molecular weight excluding hydrogens is 646 g/mol. The summed E-state index contributed by atoms with van der Waals surface area (Å²) in [6, 6.07) is 13.5. The van der Waals surface area contributed by atoms with Crippen molar-refractivity contribution in [3.63, 3.8) is 0 Å². The quantitative estimate of drug-likeness (QED) is 0.130. The van der Waals surface area contributed by atoms with E-state index in [1.165, 1.54) is 6.26 Å². The van der Waals surface area contributed by atoms with E-state index in [9.17, 15) is 14.4 Å². The summed E-state index contributed by atoms with van der Waals surface area (Å²) in [5.41, 5.74) is 1.43. The maximum Gasteiger partial charge on any atom is 0.327 e. The molecule has 0 aromatic heterocycles. The fraction of sp³-hybridized carbons (Fsp3) is 0.541. The second-order valence-electron chi connectivity index (χ2n) is 14.1. The second-order valence-corrected chi connectivity index (χ2v) is 14.1. The van der Waals surface area contributed by atoms with Crippen LogP contribution in [0.5, 0.6) is 0 Å². The highest BCUT2D eigenvalue weighted by atomic mass is 16.8. The standard InChI is InChI=1S/C37H43N3O10/c41-14-13-38-33(43)24-7-3-4-22(18-24)20-39-35(45)36-19-28-29-30(49-37(48-29,26-8-9-26)27-10-11-27)32(36)50-40(31(36)34(44)47-28)21-25-6-2-1-5-23(25)12-16-46-17-15-42/h1-7,12,16,18,26-32,41-42H,8-11,13-15,17,19-21H2,(H,38,43)(H,39,45). The van der Waals surface area contributed by atoms with Gasteiger partial charge < -0.3 is 39.8 Å². The van der Waals surface area contributed by atoms with Crippen molar-refractivity contribution in [2.45, 2.75) is 81.4 Å². The van der Waals surface area contributed by atoms with Crippen LogP contribution in [-0.4, -0.2) is 95.7 Å². The Morgan fingerprint density at radius 3 is 2.52 bits per heavy atom. The lowest BCUT2D eigenvalue weighted by Crippen LogP contribution is -2.69. The van der Waals surface area contributed by atoms with Crippen LogP contribution in [0.3, 0.4) is 0 Å². The molecule has 6 aliphatic rings. The number of nitrogens with zero attached hydrogens (tertiary/aromatic N) is 1. The second kappa shape index (κ2) is 13.4. The number of carbonyl (C=O) groups excluding carboxylic acids is 3. The zero-order chi connectivity index (χ0) is 34.5. The minimum absolute atomic E-state index is 0.105. The van der Waals surface area contributed by atoms with Crippen molar-refractivity contribution in [3.05, 3.63) is 77.0 Å². The Kier molecular flexibility index (Phi) is 8.90. The zero-order valence-electron chi connectivity index (χ0n) is 27.7. The van der Waals surface area contributed by atoms with Crippen LogP contribution in [0.1, 0.15) is 59.2 Å². The molecule has 2 aromatic rings. The molecule has 6 unspecified atom stereocenters. The van der Waals surface area contributed by atoms with Crippen LogP contribution in [0, 0.1) is 17.3 Å². The van der Waals surface area contributed by atoms with E-state index in [2.05, 4.69) is 10.6 Å². The van der Waals surface area contributed by atoms with E-state index in [0.29, 0.717) is 11.1 Å². The number of esters is 1. The molecule has 50 heavy (non-hydrogen) atoms. The number of benzene rings is 2. The highest BCUT2D eigenvalue weighted by molar-refractivity contribution is 5.95. The summed E-state index contributed by atoms with van der Waals surface area (Å²) in [6.07, 6.45) is 4.89. The van der Waals surface area contributed by atoms with E-state index < -0.39 is 47.6 Å². The number of ether oxygens (including phenoxy) is 4. The number of fused-ring (bicyclic) bond motifs is 4. The first-order chi connectivity index (χ1) is 24.4. The third kappa shape index (κ3) is 5.79. The van der Waals surface area contributed by atoms with Crippen molar-refractivity contribution in [2.24, 2.45) is 17.3 Å². The Balaban J connectivity index is 1.11. The molecule has 3 heterocycles. The summed E-state index contributed by atoms with van der Waals surface area (Å²) >= 11 is 0. The molecule has 13 heteroatoms. The van der Waals surface area contributed by atoms with E-state index in [4.69, 9.17) is 34.0 Å². The van der Waals surface area contributed by atoms with Crippen LogP contribution < -0.4 is 10.6 Å². The van der Waals surface area contributed by atoms with Crippen molar-refractivity contribution in [3.8, 4) is 0 Å². The number of aliphatic hydroxyl groups excluding tert-OH is 2. The van der Waals surface area contributed by atoms with Gasteiger partial charge in [-0.3, -0.25) is 19.2 Å². The summed E-state index contributed by atoms with van der Waals surface area (Å²) in [6.45, 7) is 0.310. The van der Waals surface area contributed by atoms with Gasteiger partial charge in [-0.15, -0.1) is 0 Å². The molecule has 13 nitrogen and oxygen atoms in total. The Morgan fingerprint density at radius 2 is 1.76 bits per heavy atom. The molecule has 3 aliphatic carbocycles. The van der Waals surface area contributed by atoms with Gasteiger partial charge in [-0.1, -0.05) is 36.4 Å². The van der Waals surface area contributed by atoms with Crippen molar-refractivity contribution in [1.29, 1.82) is 0 Å². The summed E-state index contributed by atoms with van der Waals surface area (Å²) in [7, 11) is 0. The van der Waals surface area contributed by atoms with Gasteiger partial charge in [0.05, 0.1) is 26.0 Å². The lowest BCUT2D eigenvalue weighted by atomic mass is 9.62. The summed E-state index contributed by atoms with van der Waals surface area (Å²) in [4.78, 5) is 48.1. The van der Waals surface area contributed by atoms with Crippen molar-refractivity contribution < 1.29 is 48.4 Å². The molecule has 2 aromatic carbocycles. The van der Waals surface area contributed by atoms with Gasteiger partial charge in [-0.25, -0.2) is 0 Å². The van der Waals surface area contributed by atoms with E-state index in [0.717, 1.165) is 36.8 Å². The van der Waals surface area contributed by atoms with E-state index in [1.54, 1.807) is 29.3 Å². The van der Waals surface area contributed by atoms with Gasteiger partial charge in [-0.05, 0) is 60.6 Å². The van der Waals surface area contributed by atoms with Gasteiger partial charge in [0.2, 0.25) is 5.91 Å². The monoisotopic (exact) mass is 689 g/mol. The van der Waals surface area contributed by atoms with Gasteiger partial charge in [0.1, 0.15) is 36.4 Å². The lowest BCUT2D eigenvalue weighted by Gasteiger charge is -2.48. The number of hydrogen-bond donors (Lipinski definition) is 4. The minimum atomic E-state index is -1.33. The highest BCUT2D eigenvalue weighted by Gasteiger charge is 2.78. The minimum Gasteiger partial charge on any atom is -0.499 e. The van der Waals surface area contributed by atoms with Gasteiger partial charge in [0, 0.05) is 36.9 Å². The predicted molar refractivity (Wildman–Crippen MR) is 175 cm³/mol. The average molecular weight is 690 g/mol. The Bertz CT molecular complexity index is 1650. The smallest absolute Gasteiger partial charge is 0.327 e. The highest BCUT2D eigenvalue weighted by Crippen LogP contribution is 2.63. The van der Waals surface area contributed by atoms with Crippen LogP contribution >= 0.6 is 0 Å². The van der Waals surface area contributed by atoms with Crippen LogP contribution in [0.15, 0.2) is 54.8 Å². The SMILES string of the molecule is O=C(NCCO)c1cccc(CNC(=O)C23CC4OC(=O)C2N(Cc2ccccc2C=COCCO)OC3C2OC(C3CC3)(C3CC3)OC42)c1.